The molecule has 2 atom stereocenters. The molecule has 0 heterocycles. The lowest BCUT2D eigenvalue weighted by Gasteiger charge is -2.21. The molecule has 8 nitrogen and oxygen atoms in total. The average molecular weight is 366 g/mol. The molecule has 142 valence electrons. The zero-order chi connectivity index (χ0) is 19.7. The van der Waals surface area contributed by atoms with Gasteiger partial charge in [0.15, 0.2) is 12.2 Å². The summed E-state index contributed by atoms with van der Waals surface area (Å²) in [6.07, 6.45) is -1.63. The van der Waals surface area contributed by atoms with Gasteiger partial charge in [0.2, 0.25) is 0 Å². The SMILES string of the molecule is CC(=O)OC[C@H](OC(C)=O)c1cccc([C@@H](COC(C)=O)OC(C)=O)c1. The van der Waals surface area contributed by atoms with E-state index in [-0.39, 0.29) is 13.2 Å². The maximum absolute atomic E-state index is 11.3. The highest BCUT2D eigenvalue weighted by Gasteiger charge is 2.21. The number of hydrogen-bond donors (Lipinski definition) is 0. The van der Waals surface area contributed by atoms with Crippen LogP contribution in [0.15, 0.2) is 24.3 Å². The fraction of sp³-hybridized carbons (Fsp3) is 0.444. The zero-order valence-corrected chi connectivity index (χ0v) is 15.1. The molecule has 1 aromatic rings. The summed E-state index contributed by atoms with van der Waals surface area (Å²) in [6, 6.07) is 6.65. The molecule has 0 aliphatic rings. The van der Waals surface area contributed by atoms with Crippen LogP contribution in [0.4, 0.5) is 0 Å². The summed E-state index contributed by atoms with van der Waals surface area (Å²) in [5.74, 6) is -2.09. The Labute approximate surface area is 151 Å². The van der Waals surface area contributed by atoms with E-state index in [1.165, 1.54) is 27.7 Å². The smallest absolute Gasteiger partial charge is 0.303 e. The predicted octanol–water partition coefficient (Wildman–Crippen LogP) is 2.02. The molecule has 26 heavy (non-hydrogen) atoms. The molecule has 0 N–H and O–H groups in total. The topological polar surface area (TPSA) is 105 Å². The van der Waals surface area contributed by atoms with Gasteiger partial charge in [-0.3, -0.25) is 19.2 Å². The Hall–Kier alpha value is -2.90. The molecule has 0 unspecified atom stereocenters. The summed E-state index contributed by atoms with van der Waals surface area (Å²) in [7, 11) is 0. The van der Waals surface area contributed by atoms with Crippen LogP contribution in [0.5, 0.6) is 0 Å². The molecule has 0 saturated heterocycles. The van der Waals surface area contributed by atoms with Crippen molar-refractivity contribution < 1.29 is 38.1 Å². The lowest BCUT2D eigenvalue weighted by molar-refractivity contribution is -0.157. The number of carbonyl (C=O) groups excluding carboxylic acids is 4. The van der Waals surface area contributed by atoms with Gasteiger partial charge in [-0.15, -0.1) is 0 Å². The van der Waals surface area contributed by atoms with Gasteiger partial charge in [0.25, 0.3) is 0 Å². The number of benzene rings is 1. The molecule has 0 radical (unpaired) electrons. The molecule has 0 bridgehead atoms. The van der Waals surface area contributed by atoms with Gasteiger partial charge >= 0.3 is 23.9 Å². The van der Waals surface area contributed by atoms with Crippen LogP contribution < -0.4 is 0 Å². The van der Waals surface area contributed by atoms with Gasteiger partial charge in [0, 0.05) is 27.7 Å². The van der Waals surface area contributed by atoms with Crippen molar-refractivity contribution in [1.29, 1.82) is 0 Å². The minimum atomic E-state index is -0.817. The maximum Gasteiger partial charge on any atom is 0.303 e. The van der Waals surface area contributed by atoms with Gasteiger partial charge < -0.3 is 18.9 Å². The Kier molecular flexibility index (Phi) is 8.27. The second-order valence-electron chi connectivity index (χ2n) is 5.47. The highest BCUT2D eigenvalue weighted by molar-refractivity contribution is 5.68. The molecule has 0 aliphatic carbocycles. The molecular weight excluding hydrogens is 344 g/mol. The first-order valence-corrected chi connectivity index (χ1v) is 7.90. The third-order valence-electron chi connectivity index (χ3n) is 3.15. The molecule has 0 fully saturated rings. The molecule has 0 amide bonds. The van der Waals surface area contributed by atoms with Crippen molar-refractivity contribution >= 4 is 23.9 Å². The quantitative estimate of drug-likeness (QED) is 0.508. The van der Waals surface area contributed by atoms with Crippen LogP contribution in [0.2, 0.25) is 0 Å². The van der Waals surface area contributed by atoms with E-state index in [9.17, 15) is 19.2 Å². The summed E-state index contributed by atoms with van der Waals surface area (Å²) < 4.78 is 20.2. The molecule has 8 heteroatoms. The van der Waals surface area contributed by atoms with E-state index in [2.05, 4.69) is 0 Å². The van der Waals surface area contributed by atoms with Crippen LogP contribution in [-0.2, 0) is 38.1 Å². The lowest BCUT2D eigenvalue weighted by atomic mass is 10.0. The zero-order valence-electron chi connectivity index (χ0n) is 15.1. The molecule has 1 aromatic carbocycles. The van der Waals surface area contributed by atoms with Gasteiger partial charge in [-0.25, -0.2) is 0 Å². The number of hydrogen-bond acceptors (Lipinski definition) is 8. The minimum absolute atomic E-state index is 0.152. The van der Waals surface area contributed by atoms with Gasteiger partial charge in [0.1, 0.15) is 13.2 Å². The second-order valence-corrected chi connectivity index (χ2v) is 5.47. The molecule has 1 rings (SSSR count). The predicted molar refractivity (Wildman–Crippen MR) is 88.7 cm³/mol. The van der Waals surface area contributed by atoms with E-state index in [4.69, 9.17) is 18.9 Å². The third-order valence-corrected chi connectivity index (χ3v) is 3.15. The van der Waals surface area contributed by atoms with E-state index in [0.29, 0.717) is 11.1 Å². The second kappa shape index (κ2) is 10.2. The summed E-state index contributed by atoms with van der Waals surface area (Å²) in [5, 5.41) is 0. The van der Waals surface area contributed by atoms with Gasteiger partial charge in [-0.05, 0) is 17.2 Å². The van der Waals surface area contributed by atoms with Crippen molar-refractivity contribution in [2.45, 2.75) is 39.9 Å². The van der Waals surface area contributed by atoms with Crippen LogP contribution in [0.3, 0.4) is 0 Å². The summed E-state index contributed by atoms with van der Waals surface area (Å²) in [6.45, 7) is 4.68. The number of rotatable bonds is 8. The first-order chi connectivity index (χ1) is 12.2. The molecule has 0 spiro atoms. The van der Waals surface area contributed by atoms with Crippen LogP contribution in [0, 0.1) is 0 Å². The van der Waals surface area contributed by atoms with E-state index >= 15 is 0 Å². The monoisotopic (exact) mass is 366 g/mol. The molecule has 0 aromatic heterocycles. The largest absolute Gasteiger partial charge is 0.462 e. The minimum Gasteiger partial charge on any atom is -0.462 e. The highest BCUT2D eigenvalue weighted by atomic mass is 16.6. The van der Waals surface area contributed by atoms with E-state index in [0.717, 1.165) is 0 Å². The fourth-order valence-electron chi connectivity index (χ4n) is 2.14. The highest BCUT2D eigenvalue weighted by Crippen LogP contribution is 2.25. The van der Waals surface area contributed by atoms with Crippen molar-refractivity contribution in [3.8, 4) is 0 Å². The lowest BCUT2D eigenvalue weighted by Crippen LogP contribution is -2.19. The van der Waals surface area contributed by atoms with Gasteiger partial charge in [-0.2, -0.15) is 0 Å². The normalized spacial score (nSPS) is 12.5. The Morgan fingerprint density at radius 1 is 0.731 bits per heavy atom. The number of ether oxygens (including phenoxy) is 4. The summed E-state index contributed by atoms with van der Waals surface area (Å²) in [5.41, 5.74) is 1.08. The Morgan fingerprint density at radius 2 is 1.12 bits per heavy atom. The summed E-state index contributed by atoms with van der Waals surface area (Å²) >= 11 is 0. The van der Waals surface area contributed by atoms with Crippen molar-refractivity contribution in [2.24, 2.45) is 0 Å². The van der Waals surface area contributed by atoms with Gasteiger partial charge in [0.05, 0.1) is 0 Å². The van der Waals surface area contributed by atoms with Crippen LogP contribution >= 0.6 is 0 Å². The van der Waals surface area contributed by atoms with Crippen LogP contribution in [0.1, 0.15) is 51.0 Å². The average Bonchev–Trinajstić information content (AvgIpc) is 2.54. The fourth-order valence-corrected chi connectivity index (χ4v) is 2.14. The van der Waals surface area contributed by atoms with Crippen LogP contribution in [-0.4, -0.2) is 37.1 Å². The first kappa shape index (κ1) is 21.1. The maximum atomic E-state index is 11.3. The van der Waals surface area contributed by atoms with Crippen molar-refractivity contribution in [1.82, 2.24) is 0 Å². The van der Waals surface area contributed by atoms with Crippen LogP contribution in [0.25, 0.3) is 0 Å². The van der Waals surface area contributed by atoms with Crippen molar-refractivity contribution in [3.05, 3.63) is 35.4 Å². The number of carbonyl (C=O) groups is 4. The van der Waals surface area contributed by atoms with Gasteiger partial charge in [-0.1, -0.05) is 18.2 Å². The van der Waals surface area contributed by atoms with E-state index < -0.39 is 36.1 Å². The number of esters is 4. The van der Waals surface area contributed by atoms with E-state index in [1.54, 1.807) is 24.3 Å². The Morgan fingerprint density at radius 3 is 1.42 bits per heavy atom. The summed E-state index contributed by atoms with van der Waals surface area (Å²) in [4.78, 5) is 44.7. The standard InChI is InChI=1S/C18H22O8/c1-11(19)23-9-17(25-13(3)21)15-6-5-7-16(8-15)18(26-14(4)22)10-24-12(2)20/h5-8,17-18H,9-10H2,1-4H3/t17-,18+. The Balaban J connectivity index is 3.08. The molecule has 0 aliphatic heterocycles. The first-order valence-electron chi connectivity index (χ1n) is 7.90. The molecular formula is C18H22O8. The Bertz CT molecular complexity index is 614. The third kappa shape index (κ3) is 7.78. The molecule has 0 saturated carbocycles. The van der Waals surface area contributed by atoms with Crippen molar-refractivity contribution in [2.75, 3.05) is 13.2 Å². The van der Waals surface area contributed by atoms with Crippen molar-refractivity contribution in [3.63, 3.8) is 0 Å². The van der Waals surface area contributed by atoms with E-state index in [1.807, 2.05) is 0 Å².